The Morgan fingerprint density at radius 2 is 1.90 bits per heavy atom. The molecular formula is C15H21NO4S. The number of nitrogens with zero attached hydrogens (tertiary/aromatic N) is 1. The Labute approximate surface area is 126 Å². The van der Waals surface area contributed by atoms with Gasteiger partial charge in [-0.2, -0.15) is 4.31 Å². The van der Waals surface area contributed by atoms with E-state index in [2.05, 4.69) is 6.92 Å². The highest BCUT2D eigenvalue weighted by molar-refractivity contribution is 7.89. The first-order chi connectivity index (χ1) is 9.87. The Morgan fingerprint density at radius 1 is 1.29 bits per heavy atom. The van der Waals surface area contributed by atoms with Crippen molar-refractivity contribution in [3.63, 3.8) is 0 Å². The van der Waals surface area contributed by atoms with Crippen molar-refractivity contribution in [3.05, 3.63) is 29.3 Å². The maximum atomic E-state index is 12.8. The molecule has 1 saturated heterocycles. The lowest BCUT2D eigenvalue weighted by Crippen LogP contribution is -2.38. The molecule has 0 atom stereocenters. The van der Waals surface area contributed by atoms with Crippen LogP contribution in [0.1, 0.15) is 35.7 Å². The van der Waals surface area contributed by atoms with Gasteiger partial charge in [-0.25, -0.2) is 13.2 Å². The molecule has 0 bridgehead atoms. The van der Waals surface area contributed by atoms with Crippen LogP contribution in [0.4, 0.5) is 0 Å². The minimum Gasteiger partial charge on any atom is -0.465 e. The van der Waals surface area contributed by atoms with Crippen molar-refractivity contribution in [1.82, 2.24) is 4.31 Å². The van der Waals surface area contributed by atoms with Gasteiger partial charge in [-0.05, 0) is 37.3 Å². The Hall–Kier alpha value is -1.40. The number of carbonyl (C=O) groups is 1. The highest BCUT2D eigenvalue weighted by atomic mass is 32.2. The van der Waals surface area contributed by atoms with Crippen molar-refractivity contribution >= 4 is 16.0 Å². The van der Waals surface area contributed by atoms with Gasteiger partial charge >= 0.3 is 5.97 Å². The summed E-state index contributed by atoms with van der Waals surface area (Å²) in [6.45, 7) is 4.83. The van der Waals surface area contributed by atoms with E-state index in [9.17, 15) is 13.2 Å². The maximum Gasteiger partial charge on any atom is 0.339 e. The molecule has 1 aliphatic rings. The van der Waals surface area contributed by atoms with Crippen LogP contribution in [0.2, 0.25) is 0 Å². The van der Waals surface area contributed by atoms with Crippen molar-refractivity contribution in [1.29, 1.82) is 0 Å². The molecule has 1 aliphatic heterocycles. The van der Waals surface area contributed by atoms with E-state index < -0.39 is 16.0 Å². The van der Waals surface area contributed by atoms with Crippen LogP contribution in [0.5, 0.6) is 0 Å². The minimum atomic E-state index is -3.66. The maximum absolute atomic E-state index is 12.8. The fourth-order valence-electron chi connectivity index (χ4n) is 2.58. The van der Waals surface area contributed by atoms with Crippen LogP contribution in [0.3, 0.4) is 0 Å². The number of carbonyl (C=O) groups excluding carboxylic acids is 1. The molecule has 0 N–H and O–H groups in total. The summed E-state index contributed by atoms with van der Waals surface area (Å²) in [5.74, 6) is -0.0777. The Morgan fingerprint density at radius 3 is 2.48 bits per heavy atom. The summed E-state index contributed by atoms with van der Waals surface area (Å²) >= 11 is 0. The van der Waals surface area contributed by atoms with Gasteiger partial charge < -0.3 is 4.74 Å². The second kappa shape index (κ2) is 6.15. The SMILES string of the molecule is COC(=O)c1c(C)cccc1S(=O)(=O)N1CCC(C)CC1. The smallest absolute Gasteiger partial charge is 0.339 e. The summed E-state index contributed by atoms with van der Waals surface area (Å²) in [4.78, 5) is 12.0. The number of rotatable bonds is 3. The lowest BCUT2D eigenvalue weighted by atomic mass is 10.0. The number of benzene rings is 1. The topological polar surface area (TPSA) is 63.7 Å². The third kappa shape index (κ3) is 3.11. The number of methoxy groups -OCH3 is 1. The molecule has 21 heavy (non-hydrogen) atoms. The molecular weight excluding hydrogens is 290 g/mol. The fourth-order valence-corrected chi connectivity index (χ4v) is 4.31. The standard InChI is InChI=1S/C15H21NO4S/c1-11-7-9-16(10-8-11)21(18,19)13-6-4-5-12(2)14(13)15(17)20-3/h4-6,11H,7-10H2,1-3H3. The molecule has 0 aliphatic carbocycles. The Balaban J connectivity index is 2.45. The van der Waals surface area contributed by atoms with Crippen molar-refractivity contribution in [2.75, 3.05) is 20.2 Å². The third-order valence-electron chi connectivity index (χ3n) is 3.98. The van der Waals surface area contributed by atoms with E-state index in [1.807, 2.05) is 0 Å². The van der Waals surface area contributed by atoms with Crippen LogP contribution in [-0.2, 0) is 14.8 Å². The largest absolute Gasteiger partial charge is 0.465 e. The monoisotopic (exact) mass is 311 g/mol. The zero-order valence-electron chi connectivity index (χ0n) is 12.6. The molecule has 116 valence electrons. The second-order valence-corrected chi connectivity index (χ2v) is 7.43. The van der Waals surface area contributed by atoms with Crippen molar-refractivity contribution in [2.45, 2.75) is 31.6 Å². The molecule has 0 aromatic heterocycles. The first kappa shape index (κ1) is 16.0. The minimum absolute atomic E-state index is 0.0453. The normalized spacial score (nSPS) is 17.7. The summed E-state index contributed by atoms with van der Waals surface area (Å²) in [7, 11) is -2.40. The first-order valence-corrected chi connectivity index (χ1v) is 8.50. The summed E-state index contributed by atoms with van der Waals surface area (Å²) in [5, 5.41) is 0. The fraction of sp³-hybridized carbons (Fsp3) is 0.533. The molecule has 1 heterocycles. The molecule has 6 heteroatoms. The van der Waals surface area contributed by atoms with Crippen molar-refractivity contribution < 1.29 is 17.9 Å². The summed E-state index contributed by atoms with van der Waals surface area (Å²) in [6, 6.07) is 4.84. The molecule has 0 spiro atoms. The number of ether oxygens (including phenoxy) is 1. The van der Waals surface area contributed by atoms with E-state index in [0.717, 1.165) is 12.8 Å². The van der Waals surface area contributed by atoms with Gasteiger partial charge in [0.2, 0.25) is 10.0 Å². The van der Waals surface area contributed by atoms with Gasteiger partial charge in [0.05, 0.1) is 17.6 Å². The zero-order chi connectivity index (χ0) is 15.6. The molecule has 1 aromatic rings. The van der Waals surface area contributed by atoms with E-state index in [4.69, 9.17) is 4.74 Å². The predicted molar refractivity (Wildman–Crippen MR) is 79.7 cm³/mol. The average Bonchev–Trinajstić information content (AvgIpc) is 2.46. The third-order valence-corrected chi connectivity index (χ3v) is 5.93. The molecule has 0 unspecified atom stereocenters. The van der Waals surface area contributed by atoms with Crippen LogP contribution in [0.25, 0.3) is 0 Å². The van der Waals surface area contributed by atoms with Crippen LogP contribution in [0, 0.1) is 12.8 Å². The highest BCUT2D eigenvalue weighted by Gasteiger charge is 2.32. The van der Waals surface area contributed by atoms with E-state index >= 15 is 0 Å². The van der Waals surface area contributed by atoms with Gasteiger partial charge in [0.1, 0.15) is 0 Å². The molecule has 2 rings (SSSR count). The summed E-state index contributed by atoms with van der Waals surface area (Å²) < 4.78 is 31.8. The van der Waals surface area contributed by atoms with E-state index in [0.29, 0.717) is 24.6 Å². The molecule has 0 saturated carbocycles. The van der Waals surface area contributed by atoms with Gasteiger partial charge in [-0.1, -0.05) is 19.1 Å². The van der Waals surface area contributed by atoms with Crippen molar-refractivity contribution in [2.24, 2.45) is 5.92 Å². The van der Waals surface area contributed by atoms with Gasteiger partial charge in [0, 0.05) is 13.1 Å². The van der Waals surface area contributed by atoms with Crippen molar-refractivity contribution in [3.8, 4) is 0 Å². The second-order valence-electron chi connectivity index (χ2n) is 5.53. The average molecular weight is 311 g/mol. The van der Waals surface area contributed by atoms with Gasteiger partial charge in [0.25, 0.3) is 0 Å². The number of hydrogen-bond acceptors (Lipinski definition) is 4. The molecule has 0 radical (unpaired) electrons. The first-order valence-electron chi connectivity index (χ1n) is 7.06. The quantitative estimate of drug-likeness (QED) is 0.803. The number of hydrogen-bond donors (Lipinski definition) is 0. The summed E-state index contributed by atoms with van der Waals surface area (Å²) in [5.41, 5.74) is 0.743. The van der Waals surface area contributed by atoms with Gasteiger partial charge in [0.15, 0.2) is 0 Å². The number of sulfonamides is 1. The van der Waals surface area contributed by atoms with E-state index in [-0.39, 0.29) is 10.5 Å². The number of aryl methyl sites for hydroxylation is 1. The molecule has 5 nitrogen and oxygen atoms in total. The van der Waals surface area contributed by atoms with Crippen LogP contribution in [0.15, 0.2) is 23.1 Å². The van der Waals surface area contributed by atoms with Gasteiger partial charge in [-0.15, -0.1) is 0 Å². The number of esters is 1. The Kier molecular flexibility index (Phi) is 4.68. The molecule has 0 amide bonds. The lowest BCUT2D eigenvalue weighted by Gasteiger charge is -2.30. The Bertz CT molecular complexity index is 631. The number of piperidine rings is 1. The highest BCUT2D eigenvalue weighted by Crippen LogP contribution is 2.27. The predicted octanol–water partition coefficient (Wildman–Crippen LogP) is 2.20. The van der Waals surface area contributed by atoms with Crippen LogP contribution >= 0.6 is 0 Å². The van der Waals surface area contributed by atoms with Crippen LogP contribution in [-0.4, -0.2) is 38.9 Å². The summed E-state index contributed by atoms with van der Waals surface area (Å²) in [6.07, 6.45) is 1.69. The van der Waals surface area contributed by atoms with Gasteiger partial charge in [-0.3, -0.25) is 0 Å². The zero-order valence-corrected chi connectivity index (χ0v) is 13.4. The van der Waals surface area contributed by atoms with Crippen LogP contribution < -0.4 is 0 Å². The van der Waals surface area contributed by atoms with E-state index in [1.165, 1.54) is 17.5 Å². The molecule has 1 fully saturated rings. The molecule has 1 aromatic carbocycles. The van der Waals surface area contributed by atoms with E-state index in [1.54, 1.807) is 19.1 Å². The lowest BCUT2D eigenvalue weighted by molar-refractivity contribution is 0.0595.